The summed E-state index contributed by atoms with van der Waals surface area (Å²) in [5.74, 6) is -0.927. The Balaban J connectivity index is 2.49. The second-order valence-corrected chi connectivity index (χ2v) is 5.24. The van der Waals surface area contributed by atoms with Gasteiger partial charge in [-0.05, 0) is 6.07 Å². The molecule has 7 heteroatoms. The summed E-state index contributed by atoms with van der Waals surface area (Å²) in [6, 6.07) is 4.31. The first-order valence-electron chi connectivity index (χ1n) is 7.33. The first-order valence-corrected chi connectivity index (χ1v) is 7.33. The van der Waals surface area contributed by atoms with Crippen molar-refractivity contribution in [2.45, 2.75) is 0 Å². The van der Waals surface area contributed by atoms with Gasteiger partial charge in [0, 0.05) is 5.56 Å². The van der Waals surface area contributed by atoms with Crippen LogP contribution in [0.4, 0.5) is 0 Å². The lowest BCUT2D eigenvalue weighted by Crippen LogP contribution is -2.23. The fourth-order valence-electron chi connectivity index (χ4n) is 3.08. The van der Waals surface area contributed by atoms with Gasteiger partial charge in [0.1, 0.15) is 5.75 Å². The van der Waals surface area contributed by atoms with Gasteiger partial charge in [0.2, 0.25) is 17.3 Å². The molecule has 0 bridgehead atoms. The smallest absolute Gasteiger partial charge is 0.208 e. The van der Waals surface area contributed by atoms with Crippen LogP contribution in [0.15, 0.2) is 18.2 Å². The highest BCUT2D eigenvalue weighted by molar-refractivity contribution is 6.31. The quantitative estimate of drug-likeness (QED) is 0.776. The van der Waals surface area contributed by atoms with Gasteiger partial charge in [0.25, 0.3) is 0 Å². The minimum Gasteiger partial charge on any atom is -0.507 e. The third-order valence-electron chi connectivity index (χ3n) is 4.11. The molecule has 0 aromatic heterocycles. The van der Waals surface area contributed by atoms with Crippen molar-refractivity contribution in [1.29, 1.82) is 0 Å². The third kappa shape index (κ3) is 2.12. The summed E-state index contributed by atoms with van der Waals surface area (Å²) in [6.07, 6.45) is 0. The Bertz CT molecular complexity index is 899. The van der Waals surface area contributed by atoms with Gasteiger partial charge >= 0.3 is 0 Å². The second-order valence-electron chi connectivity index (χ2n) is 5.24. The molecule has 0 saturated carbocycles. The molecule has 0 fully saturated rings. The highest BCUT2D eigenvalue weighted by Crippen LogP contribution is 2.52. The van der Waals surface area contributed by atoms with E-state index in [-0.39, 0.29) is 51.0 Å². The second kappa shape index (κ2) is 6.01. The average Bonchev–Trinajstić information content (AvgIpc) is 2.63. The number of ether oxygens (including phenoxy) is 4. The van der Waals surface area contributed by atoms with Crippen LogP contribution in [0.25, 0.3) is 0 Å². The zero-order valence-electron chi connectivity index (χ0n) is 14.1. The molecule has 0 saturated heterocycles. The Kier molecular flexibility index (Phi) is 4.00. The molecule has 3 rings (SSSR count). The molecule has 0 heterocycles. The minimum absolute atomic E-state index is 0.0140. The number of rotatable bonds is 4. The van der Waals surface area contributed by atoms with Crippen LogP contribution in [-0.2, 0) is 0 Å². The largest absolute Gasteiger partial charge is 0.507 e. The molecule has 2 aromatic rings. The number of phenolic OH excluding ortho intramolecular Hbond substituents is 1. The average molecular weight is 344 g/mol. The number of benzene rings is 2. The number of hydrogen-bond acceptors (Lipinski definition) is 7. The lowest BCUT2D eigenvalue weighted by atomic mass is 9.82. The van der Waals surface area contributed by atoms with Crippen LogP contribution in [-0.4, -0.2) is 45.1 Å². The number of aromatic hydroxyl groups is 1. The van der Waals surface area contributed by atoms with Crippen molar-refractivity contribution >= 4 is 11.6 Å². The maximum absolute atomic E-state index is 13.0. The first kappa shape index (κ1) is 16.6. The molecule has 0 aliphatic heterocycles. The van der Waals surface area contributed by atoms with Crippen molar-refractivity contribution in [1.82, 2.24) is 0 Å². The van der Waals surface area contributed by atoms with Crippen molar-refractivity contribution in [3.63, 3.8) is 0 Å². The van der Waals surface area contributed by atoms with E-state index in [9.17, 15) is 14.7 Å². The van der Waals surface area contributed by atoms with Crippen LogP contribution in [0.5, 0.6) is 28.7 Å². The number of fused-ring (bicyclic) bond motifs is 2. The van der Waals surface area contributed by atoms with Crippen LogP contribution in [0.2, 0.25) is 0 Å². The van der Waals surface area contributed by atoms with Gasteiger partial charge in [-0.25, -0.2) is 0 Å². The van der Waals surface area contributed by atoms with Crippen LogP contribution >= 0.6 is 0 Å². The fraction of sp³-hybridized carbons (Fsp3) is 0.222. The molecule has 0 radical (unpaired) electrons. The predicted octanol–water partition coefficient (Wildman–Crippen LogP) is 2.20. The minimum atomic E-state index is -0.557. The molecule has 0 amide bonds. The van der Waals surface area contributed by atoms with Crippen molar-refractivity contribution in [2.24, 2.45) is 0 Å². The molecule has 0 atom stereocenters. The van der Waals surface area contributed by atoms with Gasteiger partial charge in [0.05, 0.1) is 45.1 Å². The van der Waals surface area contributed by atoms with E-state index in [1.54, 1.807) is 0 Å². The summed E-state index contributed by atoms with van der Waals surface area (Å²) in [5, 5.41) is 10.1. The molecular formula is C18H16O7. The zero-order chi connectivity index (χ0) is 18.3. The van der Waals surface area contributed by atoms with Gasteiger partial charge in [-0.1, -0.05) is 12.1 Å². The summed E-state index contributed by atoms with van der Waals surface area (Å²) in [5.41, 5.74) is -0.00579. The molecule has 1 aliphatic carbocycles. The number of carbonyl (C=O) groups is 2. The van der Waals surface area contributed by atoms with Crippen LogP contribution in [0, 0.1) is 0 Å². The molecule has 130 valence electrons. The number of phenols is 1. The number of carbonyl (C=O) groups excluding carboxylic acids is 2. The molecule has 1 aliphatic rings. The van der Waals surface area contributed by atoms with Crippen molar-refractivity contribution < 1.29 is 33.6 Å². The van der Waals surface area contributed by atoms with Crippen molar-refractivity contribution in [3.8, 4) is 28.7 Å². The van der Waals surface area contributed by atoms with Gasteiger partial charge in [-0.15, -0.1) is 0 Å². The monoisotopic (exact) mass is 344 g/mol. The van der Waals surface area contributed by atoms with E-state index in [4.69, 9.17) is 18.9 Å². The number of hydrogen-bond donors (Lipinski definition) is 1. The van der Waals surface area contributed by atoms with Gasteiger partial charge in [-0.2, -0.15) is 0 Å². The Labute approximate surface area is 143 Å². The van der Waals surface area contributed by atoms with Crippen LogP contribution in [0.3, 0.4) is 0 Å². The standard InChI is InChI=1S/C18H16O7/c1-22-15-11-12(16(23-2)18(25-4)17(15)24-3)14(21)10-8(13(11)20)6-5-7-9(10)19/h5-7,19H,1-4H3. The van der Waals surface area contributed by atoms with E-state index in [1.165, 1.54) is 46.6 Å². The van der Waals surface area contributed by atoms with Crippen molar-refractivity contribution in [2.75, 3.05) is 28.4 Å². The van der Waals surface area contributed by atoms with E-state index in [0.29, 0.717) is 0 Å². The molecule has 25 heavy (non-hydrogen) atoms. The Hall–Kier alpha value is -3.22. The summed E-state index contributed by atoms with van der Waals surface area (Å²) in [7, 11) is 5.48. The molecule has 2 aromatic carbocycles. The van der Waals surface area contributed by atoms with Crippen molar-refractivity contribution in [3.05, 3.63) is 40.5 Å². The van der Waals surface area contributed by atoms with Gasteiger partial charge in [0.15, 0.2) is 17.3 Å². The highest BCUT2D eigenvalue weighted by Gasteiger charge is 2.41. The molecule has 7 nitrogen and oxygen atoms in total. The fourth-order valence-corrected chi connectivity index (χ4v) is 3.08. The summed E-state index contributed by atoms with van der Waals surface area (Å²) >= 11 is 0. The Morgan fingerprint density at radius 1 is 0.680 bits per heavy atom. The summed E-state index contributed by atoms with van der Waals surface area (Å²) in [4.78, 5) is 26.1. The summed E-state index contributed by atoms with van der Waals surface area (Å²) in [6.45, 7) is 0. The SMILES string of the molecule is COc1c(OC)c(OC)c2c(c1OC)C(=O)c1cccc(O)c1C2=O. The first-order chi connectivity index (χ1) is 12.0. The zero-order valence-corrected chi connectivity index (χ0v) is 14.1. The lowest BCUT2D eigenvalue weighted by Gasteiger charge is -2.25. The van der Waals surface area contributed by atoms with Crippen LogP contribution in [0.1, 0.15) is 31.8 Å². The Morgan fingerprint density at radius 3 is 1.64 bits per heavy atom. The molecule has 0 spiro atoms. The van der Waals surface area contributed by atoms with Gasteiger partial charge in [-0.3, -0.25) is 9.59 Å². The highest BCUT2D eigenvalue weighted by atomic mass is 16.5. The molecule has 0 unspecified atom stereocenters. The maximum Gasteiger partial charge on any atom is 0.208 e. The van der Waals surface area contributed by atoms with Gasteiger partial charge < -0.3 is 24.1 Å². The van der Waals surface area contributed by atoms with E-state index < -0.39 is 11.6 Å². The molecular weight excluding hydrogens is 328 g/mol. The predicted molar refractivity (Wildman–Crippen MR) is 87.6 cm³/mol. The number of ketones is 2. The van der Waals surface area contributed by atoms with E-state index in [1.807, 2.05) is 0 Å². The van der Waals surface area contributed by atoms with E-state index >= 15 is 0 Å². The lowest BCUT2D eigenvalue weighted by molar-refractivity contribution is 0.0970. The topological polar surface area (TPSA) is 91.3 Å². The maximum atomic E-state index is 13.0. The normalized spacial score (nSPS) is 12.3. The van der Waals surface area contributed by atoms with E-state index in [0.717, 1.165) is 0 Å². The Morgan fingerprint density at radius 2 is 1.16 bits per heavy atom. The third-order valence-corrected chi connectivity index (χ3v) is 4.11. The van der Waals surface area contributed by atoms with Crippen LogP contribution < -0.4 is 18.9 Å². The number of methoxy groups -OCH3 is 4. The summed E-state index contributed by atoms with van der Waals surface area (Å²) < 4.78 is 21.3. The molecule has 1 N–H and O–H groups in total. The van der Waals surface area contributed by atoms with E-state index in [2.05, 4.69) is 0 Å².